The third-order valence-electron chi connectivity index (χ3n) is 4.82. The number of methoxy groups -OCH3 is 1. The van der Waals surface area contributed by atoms with Crippen molar-refractivity contribution in [2.24, 2.45) is 4.99 Å². The van der Waals surface area contributed by atoms with E-state index in [2.05, 4.69) is 70.2 Å². The van der Waals surface area contributed by atoms with Crippen LogP contribution in [-0.4, -0.2) is 26.7 Å². The Balaban J connectivity index is 0.00000243. The zero-order chi connectivity index (χ0) is 17.5. The molecule has 2 aromatic carbocycles. The summed E-state index contributed by atoms with van der Waals surface area (Å²) in [6.07, 6.45) is 2.47. The molecule has 5 heteroatoms. The normalized spacial score (nSPS) is 15.1. The standard InChI is InChI=1S/C21H27N3O.HI/c1-22-20(23-14-17-7-6-8-18(13-17)15-25-2)24-16-21(11-12-21)19-9-4-3-5-10-19;/h3-10,13H,11-12,14-16H2,1-2H3,(H2,22,23,24);1H. The maximum Gasteiger partial charge on any atom is 0.191 e. The molecule has 1 aliphatic carbocycles. The largest absolute Gasteiger partial charge is 0.380 e. The number of guanidine groups is 1. The molecule has 0 aromatic heterocycles. The second kappa shape index (κ2) is 9.92. The lowest BCUT2D eigenvalue weighted by Gasteiger charge is -2.19. The highest BCUT2D eigenvalue weighted by Gasteiger charge is 2.43. The number of nitrogens with zero attached hydrogens (tertiary/aromatic N) is 1. The number of halogens is 1. The van der Waals surface area contributed by atoms with E-state index in [1.807, 2.05) is 7.05 Å². The zero-order valence-electron chi connectivity index (χ0n) is 15.5. The average Bonchev–Trinajstić information content (AvgIpc) is 3.44. The molecule has 0 atom stereocenters. The number of hydrogen-bond donors (Lipinski definition) is 2. The Morgan fingerprint density at radius 2 is 1.77 bits per heavy atom. The predicted octanol–water partition coefficient (Wildman–Crippen LogP) is 3.85. The number of hydrogen-bond acceptors (Lipinski definition) is 2. The number of nitrogens with one attached hydrogen (secondary N) is 2. The van der Waals surface area contributed by atoms with Crippen molar-refractivity contribution in [2.45, 2.75) is 31.4 Å². The van der Waals surface area contributed by atoms with Crippen LogP contribution in [0.25, 0.3) is 0 Å². The molecule has 0 spiro atoms. The predicted molar refractivity (Wildman–Crippen MR) is 118 cm³/mol. The summed E-state index contributed by atoms with van der Waals surface area (Å²) in [4.78, 5) is 4.36. The van der Waals surface area contributed by atoms with E-state index in [-0.39, 0.29) is 29.4 Å². The van der Waals surface area contributed by atoms with Crippen LogP contribution >= 0.6 is 24.0 Å². The third-order valence-corrected chi connectivity index (χ3v) is 4.82. The minimum Gasteiger partial charge on any atom is -0.380 e. The van der Waals surface area contributed by atoms with Gasteiger partial charge in [-0.25, -0.2) is 0 Å². The molecule has 0 bridgehead atoms. The van der Waals surface area contributed by atoms with Gasteiger partial charge < -0.3 is 15.4 Å². The Morgan fingerprint density at radius 3 is 2.42 bits per heavy atom. The van der Waals surface area contributed by atoms with Crippen LogP contribution in [0.1, 0.15) is 29.5 Å². The first-order valence-corrected chi connectivity index (χ1v) is 8.82. The molecule has 3 rings (SSSR count). The van der Waals surface area contributed by atoms with Gasteiger partial charge in [-0.3, -0.25) is 4.99 Å². The minimum atomic E-state index is 0. The van der Waals surface area contributed by atoms with Gasteiger partial charge in [-0.15, -0.1) is 24.0 Å². The fourth-order valence-corrected chi connectivity index (χ4v) is 3.17. The van der Waals surface area contributed by atoms with Gasteiger partial charge in [0, 0.05) is 32.7 Å². The monoisotopic (exact) mass is 465 g/mol. The lowest BCUT2D eigenvalue weighted by atomic mass is 9.96. The van der Waals surface area contributed by atoms with Gasteiger partial charge in [0.05, 0.1) is 6.61 Å². The Bertz CT molecular complexity index is 714. The Kier molecular flexibility index (Phi) is 7.90. The summed E-state index contributed by atoms with van der Waals surface area (Å²) >= 11 is 0. The van der Waals surface area contributed by atoms with E-state index in [4.69, 9.17) is 4.74 Å². The topological polar surface area (TPSA) is 45.7 Å². The molecule has 140 valence electrons. The van der Waals surface area contributed by atoms with Crippen LogP contribution in [0.4, 0.5) is 0 Å². The number of rotatable bonds is 7. The SMILES string of the molecule is CN=C(NCc1cccc(COC)c1)NCC1(c2ccccc2)CC1.I. The van der Waals surface area contributed by atoms with Gasteiger partial charge >= 0.3 is 0 Å². The van der Waals surface area contributed by atoms with E-state index in [0.29, 0.717) is 6.61 Å². The molecular weight excluding hydrogens is 437 g/mol. The van der Waals surface area contributed by atoms with Crippen molar-refractivity contribution >= 4 is 29.9 Å². The molecule has 0 radical (unpaired) electrons. The van der Waals surface area contributed by atoms with Crippen LogP contribution in [0.2, 0.25) is 0 Å². The summed E-state index contributed by atoms with van der Waals surface area (Å²) in [7, 11) is 3.54. The van der Waals surface area contributed by atoms with Gasteiger partial charge in [0.15, 0.2) is 5.96 Å². The molecule has 26 heavy (non-hydrogen) atoms. The molecule has 0 saturated heterocycles. The van der Waals surface area contributed by atoms with Gasteiger partial charge in [0.2, 0.25) is 0 Å². The summed E-state index contributed by atoms with van der Waals surface area (Å²) in [5.41, 5.74) is 4.11. The van der Waals surface area contributed by atoms with E-state index in [1.54, 1.807) is 7.11 Å². The second-order valence-electron chi connectivity index (χ2n) is 6.68. The minimum absolute atomic E-state index is 0. The summed E-state index contributed by atoms with van der Waals surface area (Å²) < 4.78 is 5.20. The first kappa shape index (κ1) is 20.7. The number of aliphatic imine (C=N–C) groups is 1. The van der Waals surface area contributed by atoms with Gasteiger partial charge in [0.1, 0.15) is 0 Å². The van der Waals surface area contributed by atoms with Crippen LogP contribution in [0.3, 0.4) is 0 Å². The van der Waals surface area contributed by atoms with Crippen molar-refractivity contribution in [3.05, 3.63) is 71.3 Å². The van der Waals surface area contributed by atoms with Crippen LogP contribution in [-0.2, 0) is 23.3 Å². The van der Waals surface area contributed by atoms with Gasteiger partial charge in [-0.05, 0) is 29.5 Å². The summed E-state index contributed by atoms with van der Waals surface area (Å²) in [6.45, 7) is 2.30. The van der Waals surface area contributed by atoms with Crippen molar-refractivity contribution in [1.82, 2.24) is 10.6 Å². The van der Waals surface area contributed by atoms with Crippen molar-refractivity contribution in [2.75, 3.05) is 20.7 Å². The van der Waals surface area contributed by atoms with Crippen LogP contribution in [0.5, 0.6) is 0 Å². The first-order chi connectivity index (χ1) is 12.3. The van der Waals surface area contributed by atoms with Crippen LogP contribution in [0, 0.1) is 0 Å². The summed E-state index contributed by atoms with van der Waals surface area (Å²) in [6, 6.07) is 19.2. The van der Waals surface area contributed by atoms with E-state index < -0.39 is 0 Å². The highest BCUT2D eigenvalue weighted by atomic mass is 127. The maximum atomic E-state index is 5.20. The van der Waals surface area contributed by atoms with E-state index in [9.17, 15) is 0 Å². The van der Waals surface area contributed by atoms with Crippen molar-refractivity contribution < 1.29 is 4.74 Å². The number of ether oxygens (including phenoxy) is 1. The van der Waals surface area contributed by atoms with Gasteiger partial charge in [-0.2, -0.15) is 0 Å². The Labute approximate surface area is 173 Å². The second-order valence-corrected chi connectivity index (χ2v) is 6.68. The lowest BCUT2D eigenvalue weighted by molar-refractivity contribution is 0.185. The van der Waals surface area contributed by atoms with E-state index in [0.717, 1.165) is 19.0 Å². The molecule has 1 aliphatic rings. The molecule has 2 N–H and O–H groups in total. The van der Waals surface area contributed by atoms with Crippen LogP contribution in [0.15, 0.2) is 59.6 Å². The molecule has 1 saturated carbocycles. The smallest absolute Gasteiger partial charge is 0.191 e. The van der Waals surface area contributed by atoms with Gasteiger partial charge in [-0.1, -0.05) is 54.6 Å². The molecule has 2 aromatic rings. The first-order valence-electron chi connectivity index (χ1n) is 8.82. The molecule has 0 unspecified atom stereocenters. The fraction of sp³-hybridized carbons (Fsp3) is 0.381. The average molecular weight is 465 g/mol. The molecule has 4 nitrogen and oxygen atoms in total. The van der Waals surface area contributed by atoms with Crippen LogP contribution < -0.4 is 10.6 Å². The fourth-order valence-electron chi connectivity index (χ4n) is 3.17. The van der Waals surface area contributed by atoms with Crippen molar-refractivity contribution in [3.8, 4) is 0 Å². The highest BCUT2D eigenvalue weighted by molar-refractivity contribution is 14.0. The Hall–Kier alpha value is -1.60. The van der Waals surface area contributed by atoms with Gasteiger partial charge in [0.25, 0.3) is 0 Å². The lowest BCUT2D eigenvalue weighted by Crippen LogP contribution is -2.40. The summed E-state index contributed by atoms with van der Waals surface area (Å²) in [5, 5.41) is 6.90. The van der Waals surface area contributed by atoms with E-state index >= 15 is 0 Å². The zero-order valence-corrected chi connectivity index (χ0v) is 17.8. The molecule has 1 fully saturated rings. The van der Waals surface area contributed by atoms with Crippen molar-refractivity contribution in [1.29, 1.82) is 0 Å². The highest BCUT2D eigenvalue weighted by Crippen LogP contribution is 2.47. The maximum absolute atomic E-state index is 5.20. The van der Waals surface area contributed by atoms with Crippen molar-refractivity contribution in [3.63, 3.8) is 0 Å². The number of benzene rings is 2. The van der Waals surface area contributed by atoms with E-state index in [1.165, 1.54) is 29.5 Å². The summed E-state index contributed by atoms with van der Waals surface area (Å²) in [5.74, 6) is 0.847. The Morgan fingerprint density at radius 1 is 1.04 bits per heavy atom. The quantitative estimate of drug-likeness (QED) is 0.371. The third kappa shape index (κ3) is 5.45. The molecular formula is C21H28IN3O. The molecule has 0 amide bonds. The molecule has 0 aliphatic heterocycles. The molecule has 0 heterocycles.